The maximum absolute atomic E-state index is 12.6. The van der Waals surface area contributed by atoms with Gasteiger partial charge in [-0.3, -0.25) is 4.79 Å². The lowest BCUT2D eigenvalue weighted by molar-refractivity contribution is -0.163. The number of rotatable bonds is 3. The molecule has 3 aliphatic carbocycles. The molecule has 0 aliphatic heterocycles. The molecule has 3 rings (SSSR count). The molecule has 0 heterocycles. The van der Waals surface area contributed by atoms with Gasteiger partial charge in [0.25, 0.3) is 0 Å². The van der Waals surface area contributed by atoms with Gasteiger partial charge in [-0.2, -0.15) is 0 Å². The van der Waals surface area contributed by atoms with Crippen LogP contribution < -0.4 is 0 Å². The van der Waals surface area contributed by atoms with Gasteiger partial charge >= 0.3 is 5.97 Å². The third-order valence-electron chi connectivity index (χ3n) is 6.58. The van der Waals surface area contributed by atoms with E-state index < -0.39 is 0 Å². The predicted molar refractivity (Wildman–Crippen MR) is 84.7 cm³/mol. The van der Waals surface area contributed by atoms with E-state index in [0.29, 0.717) is 5.92 Å². The molecule has 0 spiro atoms. The predicted octanol–water partition coefficient (Wildman–Crippen LogP) is 4.67. The molecule has 3 fully saturated rings. The molecule has 0 aromatic heterocycles. The molecule has 2 bridgehead atoms. The first-order chi connectivity index (χ1) is 9.85. The minimum absolute atomic E-state index is 0.0863. The zero-order chi connectivity index (χ0) is 15.4. The Morgan fingerprint density at radius 2 is 1.62 bits per heavy atom. The highest BCUT2D eigenvalue weighted by atomic mass is 16.6. The Morgan fingerprint density at radius 3 is 2.19 bits per heavy atom. The molecule has 21 heavy (non-hydrogen) atoms. The van der Waals surface area contributed by atoms with Crippen molar-refractivity contribution >= 4 is 5.97 Å². The lowest BCUT2D eigenvalue weighted by atomic mass is 9.70. The number of ether oxygens (including phenoxy) is 1. The van der Waals surface area contributed by atoms with Gasteiger partial charge in [-0.25, -0.2) is 0 Å². The number of carbonyl (C=O) groups is 1. The van der Waals surface area contributed by atoms with Crippen LogP contribution in [0.25, 0.3) is 0 Å². The van der Waals surface area contributed by atoms with Crippen LogP contribution >= 0.6 is 0 Å². The van der Waals surface area contributed by atoms with E-state index in [-0.39, 0.29) is 17.5 Å². The summed E-state index contributed by atoms with van der Waals surface area (Å²) in [5, 5.41) is 0. The molecule has 2 heteroatoms. The summed E-state index contributed by atoms with van der Waals surface area (Å²) < 4.78 is 5.71. The number of hydrogen-bond acceptors (Lipinski definition) is 2. The summed E-state index contributed by atoms with van der Waals surface area (Å²) in [6, 6.07) is 0. The first-order valence-corrected chi connectivity index (χ1v) is 9.08. The van der Waals surface area contributed by atoms with E-state index >= 15 is 0 Å². The van der Waals surface area contributed by atoms with E-state index in [1.807, 2.05) is 20.8 Å². The van der Waals surface area contributed by atoms with Crippen LogP contribution in [0.5, 0.6) is 0 Å². The quantitative estimate of drug-likeness (QED) is 0.706. The van der Waals surface area contributed by atoms with Crippen molar-refractivity contribution in [2.24, 2.45) is 41.4 Å². The van der Waals surface area contributed by atoms with E-state index in [1.54, 1.807) is 0 Å². The van der Waals surface area contributed by atoms with Crippen molar-refractivity contribution in [3.63, 3.8) is 0 Å². The molecule has 2 nitrogen and oxygen atoms in total. The van der Waals surface area contributed by atoms with Crippen molar-refractivity contribution in [3.05, 3.63) is 0 Å². The van der Waals surface area contributed by atoms with Crippen LogP contribution in [0.1, 0.15) is 66.7 Å². The van der Waals surface area contributed by atoms with Crippen LogP contribution in [0.2, 0.25) is 0 Å². The van der Waals surface area contributed by atoms with E-state index in [4.69, 9.17) is 4.74 Å². The number of esters is 1. The molecule has 0 radical (unpaired) electrons. The van der Waals surface area contributed by atoms with Crippen molar-refractivity contribution in [3.8, 4) is 0 Å². The minimum atomic E-state index is -0.343. The van der Waals surface area contributed by atoms with Crippen LogP contribution in [0, 0.1) is 41.4 Å². The summed E-state index contributed by atoms with van der Waals surface area (Å²) in [7, 11) is 0. The van der Waals surface area contributed by atoms with Gasteiger partial charge in [0, 0.05) is 0 Å². The molecular formula is C19H32O2. The third-order valence-corrected chi connectivity index (χ3v) is 6.58. The standard InChI is InChI=1S/C19H32O2/c1-6-11-8-12(7-2)17-14-9-13(16(11)17)10-15(14)18(20)21-19(3,4)5/h11-17H,6-10H2,1-5H3/t11-,12+,13-,14+,15?,16-,17+/m1/s1. The van der Waals surface area contributed by atoms with Gasteiger partial charge in [0.15, 0.2) is 0 Å². The van der Waals surface area contributed by atoms with E-state index in [0.717, 1.165) is 36.0 Å². The average molecular weight is 292 g/mol. The fourth-order valence-corrected chi connectivity index (χ4v) is 6.04. The van der Waals surface area contributed by atoms with Crippen molar-refractivity contribution < 1.29 is 9.53 Å². The fraction of sp³-hybridized carbons (Fsp3) is 0.947. The molecule has 3 saturated carbocycles. The topological polar surface area (TPSA) is 26.3 Å². The second kappa shape index (κ2) is 5.28. The molecule has 7 atom stereocenters. The first kappa shape index (κ1) is 15.4. The summed E-state index contributed by atoms with van der Waals surface area (Å²) in [6.07, 6.45) is 6.44. The van der Waals surface area contributed by atoms with Gasteiger partial charge in [-0.05, 0) is 75.5 Å². The Labute approximate surface area is 130 Å². The van der Waals surface area contributed by atoms with E-state index in [2.05, 4.69) is 13.8 Å². The third kappa shape index (κ3) is 2.53. The van der Waals surface area contributed by atoms with Crippen LogP contribution in [-0.2, 0) is 9.53 Å². The zero-order valence-corrected chi connectivity index (χ0v) is 14.4. The maximum Gasteiger partial charge on any atom is 0.309 e. The van der Waals surface area contributed by atoms with E-state index in [9.17, 15) is 4.79 Å². The summed E-state index contributed by atoms with van der Waals surface area (Å²) in [4.78, 5) is 12.6. The Bertz CT molecular complexity index is 408. The van der Waals surface area contributed by atoms with Gasteiger partial charge < -0.3 is 4.74 Å². The smallest absolute Gasteiger partial charge is 0.309 e. The van der Waals surface area contributed by atoms with Gasteiger partial charge in [0.2, 0.25) is 0 Å². The van der Waals surface area contributed by atoms with Gasteiger partial charge in [-0.1, -0.05) is 26.7 Å². The van der Waals surface area contributed by atoms with Crippen molar-refractivity contribution in [1.29, 1.82) is 0 Å². The molecule has 120 valence electrons. The normalized spacial score (nSPS) is 44.9. The molecule has 3 aliphatic rings. The largest absolute Gasteiger partial charge is 0.460 e. The van der Waals surface area contributed by atoms with Gasteiger partial charge in [0.1, 0.15) is 5.60 Å². The Kier molecular flexibility index (Phi) is 3.86. The molecular weight excluding hydrogens is 260 g/mol. The van der Waals surface area contributed by atoms with Crippen LogP contribution in [0.15, 0.2) is 0 Å². The van der Waals surface area contributed by atoms with Crippen molar-refractivity contribution in [1.82, 2.24) is 0 Å². The number of hydrogen-bond donors (Lipinski definition) is 0. The second-order valence-electron chi connectivity index (χ2n) is 8.76. The van der Waals surface area contributed by atoms with Crippen LogP contribution in [0.4, 0.5) is 0 Å². The second-order valence-corrected chi connectivity index (χ2v) is 8.76. The minimum Gasteiger partial charge on any atom is -0.460 e. The summed E-state index contributed by atoms with van der Waals surface area (Å²) in [5.74, 6) is 5.23. The zero-order valence-electron chi connectivity index (χ0n) is 14.4. The number of carbonyl (C=O) groups excluding carboxylic acids is 1. The Morgan fingerprint density at radius 1 is 1.00 bits per heavy atom. The van der Waals surface area contributed by atoms with Gasteiger partial charge in [0.05, 0.1) is 5.92 Å². The number of fused-ring (bicyclic) bond motifs is 5. The Hall–Kier alpha value is -0.530. The fourth-order valence-electron chi connectivity index (χ4n) is 6.04. The van der Waals surface area contributed by atoms with Crippen LogP contribution in [0.3, 0.4) is 0 Å². The van der Waals surface area contributed by atoms with Crippen LogP contribution in [-0.4, -0.2) is 11.6 Å². The average Bonchev–Trinajstić information content (AvgIpc) is 3.06. The monoisotopic (exact) mass is 292 g/mol. The molecule has 0 aromatic rings. The van der Waals surface area contributed by atoms with Crippen molar-refractivity contribution in [2.75, 3.05) is 0 Å². The first-order valence-electron chi connectivity index (χ1n) is 9.08. The highest BCUT2D eigenvalue weighted by molar-refractivity contribution is 5.74. The lowest BCUT2D eigenvalue weighted by Gasteiger charge is -2.35. The molecule has 0 aromatic carbocycles. The summed E-state index contributed by atoms with van der Waals surface area (Å²) in [5.41, 5.74) is -0.343. The highest BCUT2D eigenvalue weighted by Gasteiger charge is 2.61. The summed E-state index contributed by atoms with van der Waals surface area (Å²) in [6.45, 7) is 10.7. The molecule has 0 N–H and O–H groups in total. The Balaban J connectivity index is 1.76. The van der Waals surface area contributed by atoms with Crippen molar-refractivity contribution in [2.45, 2.75) is 72.3 Å². The van der Waals surface area contributed by atoms with E-state index in [1.165, 1.54) is 25.7 Å². The molecule has 1 unspecified atom stereocenters. The lowest BCUT2D eigenvalue weighted by Crippen LogP contribution is -2.37. The SMILES string of the molecule is CC[C@@H]1C[C@H](CC)[C@@H]2[C@H]1[C@H]1CC(C(=O)OC(C)(C)C)[C@@H]2C1. The maximum atomic E-state index is 12.6. The molecule has 0 saturated heterocycles. The van der Waals surface area contributed by atoms with Gasteiger partial charge in [-0.15, -0.1) is 0 Å². The summed E-state index contributed by atoms with van der Waals surface area (Å²) >= 11 is 0. The highest BCUT2D eigenvalue weighted by Crippen LogP contribution is 2.65. The molecule has 0 amide bonds.